The molecule has 0 radical (unpaired) electrons. The van der Waals surface area contributed by atoms with Gasteiger partial charge in [0.2, 0.25) is 5.89 Å². The number of rotatable bonds is 6. The van der Waals surface area contributed by atoms with Crippen LogP contribution in [0.2, 0.25) is 0 Å². The fraction of sp³-hybridized carbons (Fsp3) is 0.545. The van der Waals surface area contributed by atoms with Gasteiger partial charge in [0.15, 0.2) is 5.82 Å². The van der Waals surface area contributed by atoms with Gasteiger partial charge in [0, 0.05) is 12.6 Å². The van der Waals surface area contributed by atoms with Crippen molar-refractivity contribution in [3.05, 3.63) is 23.6 Å². The van der Waals surface area contributed by atoms with Crippen LogP contribution in [0.5, 0.6) is 0 Å². The molecule has 0 aliphatic rings. The molecule has 0 aliphatic carbocycles. The standard InChI is InChI=1S/C11H15N5O3/c1-7(2)3-9-12-10(19-14-9)6-16-5-8(13-15-16)4-11(17)18/h5,7H,3-4,6H2,1-2H3,(H,17,18). The summed E-state index contributed by atoms with van der Waals surface area (Å²) in [5, 5.41) is 20.1. The van der Waals surface area contributed by atoms with Gasteiger partial charge in [0.25, 0.3) is 0 Å². The zero-order chi connectivity index (χ0) is 13.8. The van der Waals surface area contributed by atoms with Crippen molar-refractivity contribution in [2.24, 2.45) is 5.92 Å². The lowest BCUT2D eigenvalue weighted by molar-refractivity contribution is -0.136. The maximum atomic E-state index is 10.5. The molecular weight excluding hydrogens is 250 g/mol. The number of aliphatic carboxylic acids is 1. The predicted molar refractivity (Wildman–Crippen MR) is 63.3 cm³/mol. The lowest BCUT2D eigenvalue weighted by Gasteiger charge is -1.96. The van der Waals surface area contributed by atoms with Crippen molar-refractivity contribution < 1.29 is 14.4 Å². The van der Waals surface area contributed by atoms with Crippen molar-refractivity contribution in [3.8, 4) is 0 Å². The van der Waals surface area contributed by atoms with Gasteiger partial charge in [-0.1, -0.05) is 24.2 Å². The Morgan fingerprint density at radius 1 is 1.53 bits per heavy atom. The van der Waals surface area contributed by atoms with E-state index in [1.807, 2.05) is 0 Å². The molecule has 19 heavy (non-hydrogen) atoms. The van der Waals surface area contributed by atoms with E-state index in [9.17, 15) is 4.79 Å². The lowest BCUT2D eigenvalue weighted by atomic mass is 10.1. The number of aromatic nitrogens is 5. The quantitative estimate of drug-likeness (QED) is 0.811. The summed E-state index contributed by atoms with van der Waals surface area (Å²) in [6, 6.07) is 0. The Morgan fingerprint density at radius 3 is 3.00 bits per heavy atom. The molecule has 2 heterocycles. The van der Waals surface area contributed by atoms with Gasteiger partial charge in [0.1, 0.15) is 6.54 Å². The van der Waals surface area contributed by atoms with Crippen molar-refractivity contribution in [2.45, 2.75) is 33.2 Å². The molecule has 2 aromatic rings. The Balaban J connectivity index is 1.98. The minimum Gasteiger partial charge on any atom is -0.481 e. The largest absolute Gasteiger partial charge is 0.481 e. The van der Waals surface area contributed by atoms with Crippen molar-refractivity contribution in [3.63, 3.8) is 0 Å². The number of carboxylic acid groups (broad SMARTS) is 1. The van der Waals surface area contributed by atoms with E-state index in [0.29, 0.717) is 23.3 Å². The van der Waals surface area contributed by atoms with E-state index < -0.39 is 5.97 Å². The third kappa shape index (κ3) is 3.87. The number of carboxylic acids is 1. The molecule has 0 atom stereocenters. The lowest BCUT2D eigenvalue weighted by Crippen LogP contribution is -2.02. The highest BCUT2D eigenvalue weighted by Crippen LogP contribution is 2.06. The topological polar surface area (TPSA) is 107 Å². The molecule has 8 nitrogen and oxygen atoms in total. The fourth-order valence-corrected chi connectivity index (χ4v) is 1.59. The molecular formula is C11H15N5O3. The third-order valence-corrected chi connectivity index (χ3v) is 2.32. The van der Waals surface area contributed by atoms with Crippen LogP contribution in [-0.2, 0) is 24.2 Å². The Labute approximate surface area is 109 Å². The highest BCUT2D eigenvalue weighted by molar-refractivity contribution is 5.69. The van der Waals surface area contributed by atoms with Crippen LogP contribution in [0.4, 0.5) is 0 Å². The molecule has 0 unspecified atom stereocenters. The van der Waals surface area contributed by atoms with E-state index in [2.05, 4.69) is 34.3 Å². The second-order valence-electron chi connectivity index (χ2n) is 4.68. The summed E-state index contributed by atoms with van der Waals surface area (Å²) in [7, 11) is 0. The average Bonchev–Trinajstić information content (AvgIpc) is 2.88. The second kappa shape index (κ2) is 5.59. The van der Waals surface area contributed by atoms with Gasteiger partial charge in [-0.25, -0.2) is 4.68 Å². The van der Waals surface area contributed by atoms with E-state index in [-0.39, 0.29) is 13.0 Å². The first-order chi connectivity index (χ1) is 9.02. The zero-order valence-corrected chi connectivity index (χ0v) is 10.8. The van der Waals surface area contributed by atoms with Crippen LogP contribution in [-0.4, -0.2) is 36.2 Å². The molecule has 102 valence electrons. The molecule has 0 saturated heterocycles. The van der Waals surface area contributed by atoms with Crippen LogP contribution < -0.4 is 0 Å². The van der Waals surface area contributed by atoms with Crippen molar-refractivity contribution in [1.29, 1.82) is 0 Å². The van der Waals surface area contributed by atoms with Gasteiger partial charge in [-0.05, 0) is 5.92 Å². The van der Waals surface area contributed by atoms with Crippen LogP contribution in [0.25, 0.3) is 0 Å². The first kappa shape index (κ1) is 13.2. The van der Waals surface area contributed by atoms with Crippen LogP contribution in [0.15, 0.2) is 10.7 Å². The molecule has 0 saturated carbocycles. The highest BCUT2D eigenvalue weighted by atomic mass is 16.5. The van der Waals surface area contributed by atoms with Gasteiger partial charge in [-0.2, -0.15) is 4.98 Å². The maximum absolute atomic E-state index is 10.5. The SMILES string of the molecule is CC(C)Cc1noc(Cn2cc(CC(=O)O)nn2)n1. The fourth-order valence-electron chi connectivity index (χ4n) is 1.59. The van der Waals surface area contributed by atoms with Crippen LogP contribution >= 0.6 is 0 Å². The molecule has 0 spiro atoms. The first-order valence-electron chi connectivity index (χ1n) is 5.95. The monoisotopic (exact) mass is 265 g/mol. The number of hydrogen-bond acceptors (Lipinski definition) is 6. The Morgan fingerprint density at radius 2 is 2.32 bits per heavy atom. The van der Waals surface area contributed by atoms with Gasteiger partial charge >= 0.3 is 5.97 Å². The van der Waals surface area contributed by atoms with E-state index in [1.165, 1.54) is 4.68 Å². The Kier molecular flexibility index (Phi) is 3.88. The molecule has 0 aliphatic heterocycles. The van der Waals surface area contributed by atoms with E-state index >= 15 is 0 Å². The van der Waals surface area contributed by atoms with E-state index in [0.717, 1.165) is 6.42 Å². The molecule has 0 bridgehead atoms. The molecule has 8 heteroatoms. The molecule has 1 N–H and O–H groups in total. The van der Waals surface area contributed by atoms with Gasteiger partial charge in [-0.15, -0.1) is 5.10 Å². The summed E-state index contributed by atoms with van der Waals surface area (Å²) in [6.07, 6.45) is 2.16. The molecule has 2 aromatic heterocycles. The number of hydrogen-bond donors (Lipinski definition) is 1. The first-order valence-corrected chi connectivity index (χ1v) is 5.95. The third-order valence-electron chi connectivity index (χ3n) is 2.32. The Hall–Kier alpha value is -2.25. The summed E-state index contributed by atoms with van der Waals surface area (Å²) in [5.74, 6) is 0.612. The van der Waals surface area contributed by atoms with Gasteiger partial charge in [0.05, 0.1) is 12.1 Å². The second-order valence-corrected chi connectivity index (χ2v) is 4.68. The Bertz CT molecular complexity index is 560. The molecule has 2 rings (SSSR count). The summed E-state index contributed by atoms with van der Waals surface area (Å²) in [4.78, 5) is 14.8. The summed E-state index contributed by atoms with van der Waals surface area (Å²) >= 11 is 0. The predicted octanol–water partition coefficient (Wildman–Crippen LogP) is 0.535. The normalized spacial score (nSPS) is 11.1. The van der Waals surface area contributed by atoms with Crippen molar-refractivity contribution in [2.75, 3.05) is 0 Å². The summed E-state index contributed by atoms with van der Waals surface area (Å²) < 4.78 is 6.57. The number of nitrogens with zero attached hydrogens (tertiary/aromatic N) is 5. The molecule has 0 aromatic carbocycles. The van der Waals surface area contributed by atoms with Crippen molar-refractivity contribution in [1.82, 2.24) is 25.1 Å². The summed E-state index contributed by atoms with van der Waals surface area (Å²) in [6.45, 7) is 4.44. The van der Waals surface area contributed by atoms with Crippen LogP contribution in [0.3, 0.4) is 0 Å². The molecule has 0 fully saturated rings. The number of carbonyl (C=O) groups is 1. The minimum absolute atomic E-state index is 0.150. The smallest absolute Gasteiger partial charge is 0.309 e. The zero-order valence-electron chi connectivity index (χ0n) is 10.8. The minimum atomic E-state index is -0.941. The van der Waals surface area contributed by atoms with E-state index in [4.69, 9.17) is 9.63 Å². The van der Waals surface area contributed by atoms with E-state index in [1.54, 1.807) is 6.20 Å². The maximum Gasteiger partial charge on any atom is 0.309 e. The average molecular weight is 265 g/mol. The summed E-state index contributed by atoms with van der Waals surface area (Å²) in [5.41, 5.74) is 0.398. The molecule has 0 amide bonds. The van der Waals surface area contributed by atoms with Gasteiger partial charge < -0.3 is 9.63 Å². The van der Waals surface area contributed by atoms with Crippen LogP contribution in [0.1, 0.15) is 31.3 Å². The van der Waals surface area contributed by atoms with Crippen LogP contribution in [0, 0.1) is 5.92 Å². The van der Waals surface area contributed by atoms with Gasteiger partial charge in [-0.3, -0.25) is 4.79 Å². The van der Waals surface area contributed by atoms with Crippen molar-refractivity contribution >= 4 is 5.97 Å². The highest BCUT2D eigenvalue weighted by Gasteiger charge is 2.11.